The normalized spacial score (nSPS) is 56.3. The van der Waals surface area contributed by atoms with Crippen LogP contribution >= 0.6 is 0 Å². The second-order valence-corrected chi connectivity index (χ2v) is 9.08. The lowest BCUT2D eigenvalue weighted by molar-refractivity contribution is 0.420. The molecule has 0 spiro atoms. The first-order valence-corrected chi connectivity index (χ1v) is 8.56. The van der Waals surface area contributed by atoms with Gasteiger partial charge in [0.1, 0.15) is 0 Å². The molecule has 4 aliphatic carbocycles. The first kappa shape index (κ1) is 15.2. The maximum absolute atomic E-state index is 9.55. The number of hydrogen-bond acceptors (Lipinski definition) is 4. The number of rotatable bonds is 3. The molecule has 3 fully saturated rings. The van der Waals surface area contributed by atoms with Gasteiger partial charge >= 0.3 is 0 Å². The van der Waals surface area contributed by atoms with Gasteiger partial charge in [-0.05, 0) is 39.5 Å². The summed E-state index contributed by atoms with van der Waals surface area (Å²) < 4.78 is 0. The van der Waals surface area contributed by atoms with Crippen LogP contribution in [0.25, 0.3) is 0 Å². The number of hydrogen-bond donors (Lipinski definition) is 0. The van der Waals surface area contributed by atoms with Crippen LogP contribution in [0.5, 0.6) is 0 Å². The van der Waals surface area contributed by atoms with Crippen molar-refractivity contribution >= 4 is 0 Å². The highest BCUT2D eigenvalue weighted by molar-refractivity contribution is 5.62. The monoisotopic (exact) mass is 316 g/mol. The largest absolute Gasteiger partial charge is 0.198 e. The molecular weight excluding hydrogens is 296 g/mol. The molecule has 0 unspecified atom stereocenters. The highest BCUT2D eigenvalue weighted by Crippen LogP contribution is 2.83. The maximum atomic E-state index is 9.55. The Morgan fingerprint density at radius 1 is 0.833 bits per heavy atom. The summed E-state index contributed by atoms with van der Waals surface area (Å²) in [5.74, 6) is 0.244. The zero-order valence-corrected chi connectivity index (χ0v) is 14.5. The summed E-state index contributed by atoms with van der Waals surface area (Å²) in [4.78, 5) is 0. The van der Waals surface area contributed by atoms with Crippen molar-refractivity contribution < 1.29 is 0 Å². The predicted molar refractivity (Wildman–Crippen MR) is 85.1 cm³/mol. The molecule has 3 saturated carbocycles. The summed E-state index contributed by atoms with van der Waals surface area (Å²) in [6, 6.07) is 9.53. The Balaban J connectivity index is 1.72. The second kappa shape index (κ2) is 3.85. The van der Waals surface area contributed by atoms with E-state index >= 15 is 0 Å². The molecule has 0 heterocycles. The minimum atomic E-state index is -0.608. The highest BCUT2D eigenvalue weighted by atomic mass is 14.8. The second-order valence-electron chi connectivity index (χ2n) is 9.08. The number of nitrogens with zero attached hydrogens (tertiary/aromatic N) is 4. The van der Waals surface area contributed by atoms with E-state index in [1.807, 2.05) is 20.8 Å². The Morgan fingerprint density at radius 3 is 1.83 bits per heavy atom. The van der Waals surface area contributed by atoms with Crippen LogP contribution in [0.15, 0.2) is 11.1 Å². The Morgan fingerprint density at radius 2 is 1.46 bits per heavy atom. The molecule has 0 N–H and O–H groups in total. The fourth-order valence-corrected chi connectivity index (χ4v) is 5.42. The SMILES string of the molecule is C[C@@]1([C@@H]2C[C@]2(C)C#N)C([C@@H]2[C@H](C#N)[C@]2(C)C#N)=C1[C@H]1C[C@@]1(C)C#N. The van der Waals surface area contributed by atoms with E-state index in [0.29, 0.717) is 0 Å². The third kappa shape index (κ3) is 1.46. The third-order valence-electron chi connectivity index (χ3n) is 7.58. The Kier molecular flexibility index (Phi) is 2.44. The van der Waals surface area contributed by atoms with Gasteiger partial charge in [-0.2, -0.15) is 21.0 Å². The van der Waals surface area contributed by atoms with Gasteiger partial charge in [0.15, 0.2) is 0 Å². The molecule has 0 aliphatic heterocycles. The molecule has 4 nitrogen and oxygen atoms in total. The van der Waals surface area contributed by atoms with Gasteiger partial charge in [-0.3, -0.25) is 0 Å². The molecule has 0 amide bonds. The van der Waals surface area contributed by atoms with Gasteiger partial charge in [-0.15, -0.1) is 0 Å². The zero-order valence-electron chi connectivity index (χ0n) is 14.5. The molecule has 4 heteroatoms. The van der Waals surface area contributed by atoms with E-state index in [4.69, 9.17) is 0 Å². The average molecular weight is 316 g/mol. The molecule has 0 radical (unpaired) electrons. The van der Waals surface area contributed by atoms with Gasteiger partial charge in [0.2, 0.25) is 0 Å². The lowest BCUT2D eigenvalue weighted by atomic mass is 9.85. The van der Waals surface area contributed by atoms with E-state index in [1.165, 1.54) is 11.1 Å². The Hall–Kier alpha value is -2.30. The van der Waals surface area contributed by atoms with E-state index in [2.05, 4.69) is 31.2 Å². The van der Waals surface area contributed by atoms with Crippen molar-refractivity contribution in [2.75, 3.05) is 0 Å². The molecule has 4 aliphatic rings. The topological polar surface area (TPSA) is 95.2 Å². The van der Waals surface area contributed by atoms with Crippen LogP contribution in [0.4, 0.5) is 0 Å². The van der Waals surface area contributed by atoms with Gasteiger partial charge in [0, 0.05) is 17.3 Å². The molecule has 24 heavy (non-hydrogen) atoms. The lowest BCUT2D eigenvalue weighted by Crippen LogP contribution is -2.13. The first-order chi connectivity index (χ1) is 11.2. The maximum Gasteiger partial charge on any atom is 0.0788 e. The summed E-state index contributed by atoms with van der Waals surface area (Å²) in [5, 5.41) is 37.9. The van der Waals surface area contributed by atoms with Gasteiger partial charge in [0.05, 0.1) is 46.4 Å². The lowest BCUT2D eigenvalue weighted by Gasteiger charge is -2.17. The molecular formula is C20H20N4. The van der Waals surface area contributed by atoms with Crippen molar-refractivity contribution in [3.05, 3.63) is 11.1 Å². The molecule has 0 bridgehead atoms. The van der Waals surface area contributed by atoms with Crippen molar-refractivity contribution in [2.24, 2.45) is 45.3 Å². The first-order valence-electron chi connectivity index (χ1n) is 8.56. The van der Waals surface area contributed by atoms with Crippen LogP contribution in [0, 0.1) is 90.7 Å². The van der Waals surface area contributed by atoms with Gasteiger partial charge in [0.25, 0.3) is 0 Å². The van der Waals surface area contributed by atoms with Gasteiger partial charge in [-0.1, -0.05) is 18.1 Å². The summed E-state index contributed by atoms with van der Waals surface area (Å²) in [7, 11) is 0. The van der Waals surface area contributed by atoms with E-state index in [9.17, 15) is 21.0 Å². The summed E-state index contributed by atoms with van der Waals surface area (Å²) in [5.41, 5.74) is 1.17. The van der Waals surface area contributed by atoms with E-state index < -0.39 is 5.41 Å². The van der Waals surface area contributed by atoms with Crippen LogP contribution < -0.4 is 0 Å². The number of allylic oxidation sites excluding steroid dienone is 2. The highest BCUT2D eigenvalue weighted by Gasteiger charge is 2.79. The van der Waals surface area contributed by atoms with Crippen LogP contribution in [0.3, 0.4) is 0 Å². The third-order valence-corrected chi connectivity index (χ3v) is 7.58. The Bertz CT molecular complexity index is 873. The Labute approximate surface area is 143 Å². The van der Waals surface area contributed by atoms with Crippen LogP contribution in [-0.4, -0.2) is 0 Å². The van der Waals surface area contributed by atoms with Crippen LogP contribution in [0.1, 0.15) is 40.5 Å². The standard InChI is InChI=1S/C20H20N4/c1-17(8-22)5-11(17)15-16(14-12(7-21)19(14,3)10-24)20(15,4)13-6-18(13,2)9-23/h11-14H,5-6H2,1-4H3/t11-,12+,13-,14+,17+,18-,19+,20+/m1/s1. The van der Waals surface area contributed by atoms with Gasteiger partial charge in [-0.25, -0.2) is 0 Å². The summed E-state index contributed by atoms with van der Waals surface area (Å²) >= 11 is 0. The van der Waals surface area contributed by atoms with Crippen LogP contribution in [-0.2, 0) is 0 Å². The summed E-state index contributed by atoms with van der Waals surface area (Å²) in [6.07, 6.45) is 1.73. The average Bonchev–Trinajstić information content (AvgIpc) is 3.48. The quantitative estimate of drug-likeness (QED) is 0.742. The minimum Gasteiger partial charge on any atom is -0.198 e. The molecule has 4 rings (SSSR count). The van der Waals surface area contributed by atoms with Crippen molar-refractivity contribution in [2.45, 2.75) is 40.5 Å². The predicted octanol–water partition coefficient (Wildman–Crippen LogP) is 3.70. The molecule has 0 aromatic rings. The molecule has 0 aromatic heterocycles. The fraction of sp³-hybridized carbons (Fsp3) is 0.700. The smallest absolute Gasteiger partial charge is 0.0788 e. The van der Waals surface area contributed by atoms with Crippen molar-refractivity contribution in [3.8, 4) is 24.3 Å². The molecule has 0 aromatic carbocycles. The minimum absolute atomic E-state index is 0.0143. The van der Waals surface area contributed by atoms with Crippen LogP contribution in [0.2, 0.25) is 0 Å². The number of nitriles is 4. The van der Waals surface area contributed by atoms with Crippen molar-refractivity contribution in [1.29, 1.82) is 21.0 Å². The van der Waals surface area contributed by atoms with Crippen molar-refractivity contribution in [3.63, 3.8) is 0 Å². The van der Waals surface area contributed by atoms with E-state index in [0.717, 1.165) is 12.8 Å². The molecule has 8 atom stereocenters. The van der Waals surface area contributed by atoms with E-state index in [-0.39, 0.29) is 39.9 Å². The zero-order chi connectivity index (χ0) is 17.7. The van der Waals surface area contributed by atoms with Gasteiger partial charge < -0.3 is 0 Å². The van der Waals surface area contributed by atoms with E-state index in [1.54, 1.807) is 0 Å². The van der Waals surface area contributed by atoms with Crippen molar-refractivity contribution in [1.82, 2.24) is 0 Å². The fourth-order valence-electron chi connectivity index (χ4n) is 5.42. The molecule has 0 saturated heterocycles. The summed E-state index contributed by atoms with van der Waals surface area (Å²) in [6.45, 7) is 8.06. The molecule has 120 valence electrons.